The van der Waals surface area contributed by atoms with Crippen LogP contribution >= 0.6 is 0 Å². The highest BCUT2D eigenvalue weighted by Crippen LogP contribution is 2.13. The second-order valence-corrected chi connectivity index (χ2v) is 5.17. The minimum Gasteiger partial charge on any atom is -0.473 e. The van der Waals surface area contributed by atoms with Crippen molar-refractivity contribution in [1.29, 1.82) is 5.26 Å². The summed E-state index contributed by atoms with van der Waals surface area (Å²) in [6.45, 7) is 6.51. The van der Waals surface area contributed by atoms with Gasteiger partial charge in [-0.25, -0.2) is 0 Å². The minimum atomic E-state index is -0.873. The number of benzene rings is 1. The summed E-state index contributed by atoms with van der Waals surface area (Å²) in [4.78, 5) is 0. The second kappa shape index (κ2) is 7.13. The number of nitrogens with zero attached hydrogens (tertiary/aromatic N) is 1. The molecule has 0 amide bonds. The molecule has 0 radical (unpaired) electrons. The molecule has 19 heavy (non-hydrogen) atoms. The lowest BCUT2D eigenvalue weighted by atomic mass is 10.0. The summed E-state index contributed by atoms with van der Waals surface area (Å²) in [5, 5.41) is 22.3. The summed E-state index contributed by atoms with van der Waals surface area (Å²) in [6, 6.07) is 11.0. The first-order valence-electron chi connectivity index (χ1n) is 6.53. The van der Waals surface area contributed by atoms with Crippen molar-refractivity contribution in [3.05, 3.63) is 30.3 Å². The maximum absolute atomic E-state index is 10.0. The maximum atomic E-state index is 10.0. The molecule has 0 aliphatic rings. The third-order valence-corrected chi connectivity index (χ3v) is 3.16. The lowest BCUT2D eigenvalue weighted by Gasteiger charge is -2.27. The lowest BCUT2D eigenvalue weighted by Crippen LogP contribution is -2.47. The fourth-order valence-electron chi connectivity index (χ4n) is 1.45. The van der Waals surface area contributed by atoms with Crippen molar-refractivity contribution < 1.29 is 9.84 Å². The molecule has 1 rings (SSSR count). The lowest BCUT2D eigenvalue weighted by molar-refractivity contribution is 0.0622. The molecule has 0 bridgehead atoms. The molecule has 1 aromatic rings. The summed E-state index contributed by atoms with van der Waals surface area (Å²) in [5.74, 6) is 0.586. The Kier molecular flexibility index (Phi) is 5.81. The van der Waals surface area contributed by atoms with Crippen LogP contribution < -0.4 is 10.1 Å². The quantitative estimate of drug-likeness (QED) is 0.789. The van der Waals surface area contributed by atoms with E-state index in [2.05, 4.69) is 26.1 Å². The zero-order chi connectivity index (χ0) is 14.3. The number of β-amino-alcohol motifs (C(OH)–C–C–N with tert-alkyl or cyclic N) is 1. The molecule has 0 aliphatic heterocycles. The van der Waals surface area contributed by atoms with Gasteiger partial charge in [-0.15, -0.1) is 0 Å². The third-order valence-electron chi connectivity index (χ3n) is 3.16. The first-order valence-corrected chi connectivity index (χ1v) is 6.53. The average Bonchev–Trinajstić information content (AvgIpc) is 2.43. The van der Waals surface area contributed by atoms with E-state index < -0.39 is 12.2 Å². The average molecular weight is 262 g/mol. The van der Waals surface area contributed by atoms with Gasteiger partial charge >= 0.3 is 0 Å². The van der Waals surface area contributed by atoms with E-state index in [1.807, 2.05) is 24.3 Å². The zero-order valence-corrected chi connectivity index (χ0v) is 11.8. The summed E-state index contributed by atoms with van der Waals surface area (Å²) < 4.78 is 5.47. The van der Waals surface area contributed by atoms with Gasteiger partial charge in [0.2, 0.25) is 6.10 Å². The minimum absolute atomic E-state index is 0.0618. The van der Waals surface area contributed by atoms with Crippen molar-refractivity contribution in [2.24, 2.45) is 0 Å². The van der Waals surface area contributed by atoms with Crippen molar-refractivity contribution in [2.75, 3.05) is 6.54 Å². The van der Waals surface area contributed by atoms with Gasteiger partial charge in [0.05, 0.1) is 0 Å². The van der Waals surface area contributed by atoms with Crippen LogP contribution in [0, 0.1) is 11.3 Å². The van der Waals surface area contributed by atoms with E-state index in [1.165, 1.54) is 0 Å². The van der Waals surface area contributed by atoms with Crippen molar-refractivity contribution in [2.45, 2.75) is 44.9 Å². The zero-order valence-electron chi connectivity index (χ0n) is 11.8. The van der Waals surface area contributed by atoms with Gasteiger partial charge in [0.25, 0.3) is 0 Å². The molecule has 104 valence electrons. The SMILES string of the molecule is CCC(C)(C)NCC(O)C(C#N)Oc1ccccc1. The van der Waals surface area contributed by atoms with Crippen LogP contribution in [0.2, 0.25) is 0 Å². The Morgan fingerprint density at radius 1 is 1.37 bits per heavy atom. The molecule has 0 aromatic heterocycles. The predicted molar refractivity (Wildman–Crippen MR) is 74.9 cm³/mol. The van der Waals surface area contributed by atoms with Gasteiger partial charge in [-0.1, -0.05) is 25.1 Å². The van der Waals surface area contributed by atoms with E-state index in [0.29, 0.717) is 12.3 Å². The van der Waals surface area contributed by atoms with Crippen molar-refractivity contribution in [3.63, 3.8) is 0 Å². The van der Waals surface area contributed by atoms with Crippen LogP contribution in [-0.4, -0.2) is 29.4 Å². The summed E-state index contributed by atoms with van der Waals surface area (Å²) in [6.07, 6.45) is -0.796. The number of nitriles is 1. The first-order chi connectivity index (χ1) is 8.98. The Morgan fingerprint density at radius 2 is 2.00 bits per heavy atom. The van der Waals surface area contributed by atoms with Crippen LogP contribution in [0.25, 0.3) is 0 Å². The molecule has 2 unspecified atom stereocenters. The highest BCUT2D eigenvalue weighted by molar-refractivity contribution is 5.22. The van der Waals surface area contributed by atoms with Gasteiger partial charge in [0.1, 0.15) is 17.9 Å². The van der Waals surface area contributed by atoms with Crippen LogP contribution in [0.15, 0.2) is 30.3 Å². The Labute approximate surface area is 115 Å². The van der Waals surface area contributed by atoms with Gasteiger partial charge in [0, 0.05) is 12.1 Å². The highest BCUT2D eigenvalue weighted by Gasteiger charge is 2.23. The van der Waals surface area contributed by atoms with E-state index in [9.17, 15) is 5.11 Å². The molecule has 0 fully saturated rings. The summed E-state index contributed by atoms with van der Waals surface area (Å²) in [5.41, 5.74) is -0.0618. The van der Waals surface area contributed by atoms with E-state index in [1.54, 1.807) is 12.1 Å². The first kappa shape index (κ1) is 15.5. The van der Waals surface area contributed by atoms with Gasteiger partial charge < -0.3 is 15.2 Å². The van der Waals surface area contributed by atoms with E-state index in [0.717, 1.165) is 6.42 Å². The number of hydrogen-bond acceptors (Lipinski definition) is 4. The number of para-hydroxylation sites is 1. The Hall–Kier alpha value is -1.57. The fourth-order valence-corrected chi connectivity index (χ4v) is 1.45. The van der Waals surface area contributed by atoms with Crippen LogP contribution in [0.3, 0.4) is 0 Å². The maximum Gasteiger partial charge on any atom is 0.211 e. The Bertz CT molecular complexity index is 412. The van der Waals surface area contributed by atoms with Crippen molar-refractivity contribution in [1.82, 2.24) is 5.32 Å². The number of ether oxygens (including phenoxy) is 1. The summed E-state index contributed by atoms with van der Waals surface area (Å²) in [7, 11) is 0. The van der Waals surface area contributed by atoms with Crippen LogP contribution in [-0.2, 0) is 0 Å². The molecule has 4 heteroatoms. The number of aliphatic hydroxyl groups is 1. The Balaban J connectivity index is 2.53. The number of hydrogen-bond donors (Lipinski definition) is 2. The molecular formula is C15H22N2O2. The molecule has 0 saturated carbocycles. The van der Waals surface area contributed by atoms with Gasteiger partial charge in [0.15, 0.2) is 0 Å². The van der Waals surface area contributed by atoms with Crippen molar-refractivity contribution >= 4 is 0 Å². The van der Waals surface area contributed by atoms with Crippen LogP contribution in [0.1, 0.15) is 27.2 Å². The van der Waals surface area contributed by atoms with E-state index >= 15 is 0 Å². The summed E-state index contributed by atoms with van der Waals surface area (Å²) >= 11 is 0. The van der Waals surface area contributed by atoms with Crippen molar-refractivity contribution in [3.8, 4) is 11.8 Å². The van der Waals surface area contributed by atoms with E-state index in [-0.39, 0.29) is 5.54 Å². The van der Waals surface area contributed by atoms with Crippen LogP contribution in [0.5, 0.6) is 5.75 Å². The number of rotatable bonds is 7. The molecule has 0 saturated heterocycles. The third kappa shape index (κ3) is 5.29. The molecular weight excluding hydrogens is 240 g/mol. The molecule has 0 spiro atoms. The second-order valence-electron chi connectivity index (χ2n) is 5.17. The van der Waals surface area contributed by atoms with Gasteiger partial charge in [-0.2, -0.15) is 5.26 Å². The molecule has 2 N–H and O–H groups in total. The van der Waals surface area contributed by atoms with Gasteiger partial charge in [-0.3, -0.25) is 0 Å². The molecule has 4 nitrogen and oxygen atoms in total. The Morgan fingerprint density at radius 3 is 2.53 bits per heavy atom. The fraction of sp³-hybridized carbons (Fsp3) is 0.533. The predicted octanol–water partition coefficient (Wildman–Crippen LogP) is 2.10. The van der Waals surface area contributed by atoms with Crippen LogP contribution in [0.4, 0.5) is 0 Å². The molecule has 2 atom stereocenters. The number of nitrogens with one attached hydrogen (secondary N) is 1. The largest absolute Gasteiger partial charge is 0.473 e. The normalized spacial score (nSPS) is 14.5. The number of aliphatic hydroxyl groups excluding tert-OH is 1. The standard InChI is InChI=1S/C15H22N2O2/c1-4-15(2,3)17-11-13(18)14(10-16)19-12-8-6-5-7-9-12/h5-9,13-14,17-18H,4,11H2,1-3H3. The smallest absolute Gasteiger partial charge is 0.211 e. The van der Waals surface area contributed by atoms with Gasteiger partial charge in [-0.05, 0) is 32.4 Å². The molecule has 1 aromatic carbocycles. The monoisotopic (exact) mass is 262 g/mol. The highest BCUT2D eigenvalue weighted by atomic mass is 16.5. The molecule has 0 heterocycles. The van der Waals surface area contributed by atoms with E-state index in [4.69, 9.17) is 10.00 Å². The molecule has 0 aliphatic carbocycles. The topological polar surface area (TPSA) is 65.3 Å².